The van der Waals surface area contributed by atoms with Gasteiger partial charge in [-0.05, 0) is 44.0 Å². The van der Waals surface area contributed by atoms with Crippen molar-refractivity contribution in [2.45, 2.75) is 27.4 Å². The summed E-state index contributed by atoms with van der Waals surface area (Å²) in [5, 5.41) is 0.785. The lowest BCUT2D eigenvalue weighted by Crippen LogP contribution is -2.06. The second-order valence-electron chi connectivity index (χ2n) is 5.02. The minimum Gasteiger partial charge on any atom is -0.458 e. The summed E-state index contributed by atoms with van der Waals surface area (Å²) >= 11 is 0. The molecule has 0 saturated heterocycles. The quantitative estimate of drug-likeness (QED) is 0.374. The number of rotatable bonds is 4. The Kier molecular flexibility index (Phi) is 4.94. The minimum atomic E-state index is -0.455. The maximum atomic E-state index is 11.6. The molecule has 0 fully saturated rings. The lowest BCUT2D eigenvalue weighted by Gasteiger charge is -2.08. The van der Waals surface area contributed by atoms with Gasteiger partial charge in [0, 0.05) is 23.1 Å². The van der Waals surface area contributed by atoms with E-state index in [1.165, 1.54) is 12.1 Å². The van der Waals surface area contributed by atoms with Crippen molar-refractivity contribution >= 4 is 16.9 Å². The van der Waals surface area contributed by atoms with Crippen LogP contribution in [0.3, 0.4) is 0 Å². The number of esters is 1. The SMILES string of the molecule is C/C=C/C=C/C(=O)OCc1cc(=O)oc2cc(C)c(C)cc12. The number of carbonyl (C=O) groups is 1. The Labute approximate surface area is 128 Å². The summed E-state index contributed by atoms with van der Waals surface area (Å²) in [6, 6.07) is 5.12. The molecule has 0 N–H and O–H groups in total. The number of hydrogen-bond acceptors (Lipinski definition) is 4. The summed E-state index contributed by atoms with van der Waals surface area (Å²) in [5.41, 5.74) is 2.82. The van der Waals surface area contributed by atoms with Gasteiger partial charge in [-0.1, -0.05) is 18.2 Å². The fraction of sp³-hybridized carbons (Fsp3) is 0.222. The van der Waals surface area contributed by atoms with E-state index in [0.717, 1.165) is 16.5 Å². The topological polar surface area (TPSA) is 56.5 Å². The molecule has 4 nitrogen and oxygen atoms in total. The molecule has 2 aromatic rings. The number of hydrogen-bond donors (Lipinski definition) is 0. The van der Waals surface area contributed by atoms with Gasteiger partial charge in [0.15, 0.2) is 0 Å². The Morgan fingerprint density at radius 3 is 2.64 bits per heavy atom. The molecule has 0 aliphatic carbocycles. The number of allylic oxidation sites excluding steroid dienone is 3. The van der Waals surface area contributed by atoms with Crippen molar-refractivity contribution < 1.29 is 13.9 Å². The first kappa shape index (κ1) is 15.8. The summed E-state index contributed by atoms with van der Waals surface area (Å²) in [4.78, 5) is 23.2. The largest absolute Gasteiger partial charge is 0.458 e. The lowest BCUT2D eigenvalue weighted by atomic mass is 10.0. The van der Waals surface area contributed by atoms with Gasteiger partial charge in [0.1, 0.15) is 12.2 Å². The van der Waals surface area contributed by atoms with Gasteiger partial charge in [0.05, 0.1) is 0 Å². The minimum absolute atomic E-state index is 0.0314. The van der Waals surface area contributed by atoms with E-state index >= 15 is 0 Å². The maximum Gasteiger partial charge on any atom is 0.336 e. The van der Waals surface area contributed by atoms with Crippen LogP contribution in [0.4, 0.5) is 0 Å². The highest BCUT2D eigenvalue weighted by molar-refractivity contribution is 5.84. The van der Waals surface area contributed by atoms with E-state index in [1.807, 2.05) is 39.0 Å². The summed E-state index contributed by atoms with van der Waals surface area (Å²) in [6.45, 7) is 5.82. The Bertz CT molecular complexity index is 810. The van der Waals surface area contributed by atoms with Crippen molar-refractivity contribution in [3.8, 4) is 0 Å². The molecule has 1 aromatic carbocycles. The van der Waals surface area contributed by atoms with Gasteiger partial charge < -0.3 is 9.15 Å². The van der Waals surface area contributed by atoms with Gasteiger partial charge in [0.2, 0.25) is 0 Å². The predicted octanol–water partition coefficient (Wildman–Crippen LogP) is 3.59. The first-order chi connectivity index (χ1) is 10.5. The molecule has 0 radical (unpaired) electrons. The van der Waals surface area contributed by atoms with E-state index in [-0.39, 0.29) is 6.61 Å². The highest BCUT2D eigenvalue weighted by atomic mass is 16.5. The number of ether oxygens (including phenoxy) is 1. The highest BCUT2D eigenvalue weighted by Crippen LogP contribution is 2.22. The van der Waals surface area contributed by atoms with Crippen molar-refractivity contribution in [3.05, 3.63) is 69.6 Å². The Morgan fingerprint density at radius 1 is 1.18 bits per heavy atom. The van der Waals surface area contributed by atoms with Gasteiger partial charge in [-0.2, -0.15) is 0 Å². The van der Waals surface area contributed by atoms with Gasteiger partial charge in [0.25, 0.3) is 0 Å². The Balaban J connectivity index is 2.29. The summed E-state index contributed by atoms with van der Waals surface area (Å²) in [7, 11) is 0. The van der Waals surface area contributed by atoms with E-state index in [1.54, 1.807) is 12.2 Å². The van der Waals surface area contributed by atoms with Crippen LogP contribution in [0.25, 0.3) is 11.0 Å². The third-order valence-electron chi connectivity index (χ3n) is 3.35. The second-order valence-corrected chi connectivity index (χ2v) is 5.02. The normalized spacial score (nSPS) is 11.6. The Morgan fingerprint density at radius 2 is 1.91 bits per heavy atom. The third kappa shape index (κ3) is 3.73. The van der Waals surface area contributed by atoms with Crippen LogP contribution in [-0.4, -0.2) is 5.97 Å². The lowest BCUT2D eigenvalue weighted by molar-refractivity contribution is -0.138. The van der Waals surface area contributed by atoms with Gasteiger partial charge in [-0.15, -0.1) is 0 Å². The average Bonchev–Trinajstić information content (AvgIpc) is 2.47. The molecule has 0 aliphatic heterocycles. The molecular formula is C18H18O4. The highest BCUT2D eigenvalue weighted by Gasteiger charge is 2.09. The third-order valence-corrected chi connectivity index (χ3v) is 3.35. The first-order valence-corrected chi connectivity index (χ1v) is 7.01. The number of aryl methyl sites for hydroxylation is 2. The van der Waals surface area contributed by atoms with Crippen LogP contribution in [0.15, 0.2) is 51.7 Å². The van der Waals surface area contributed by atoms with Crippen LogP contribution < -0.4 is 5.63 Å². The summed E-state index contributed by atoms with van der Waals surface area (Å²) in [6.07, 6.45) is 6.49. The molecular weight excluding hydrogens is 280 g/mol. The summed E-state index contributed by atoms with van der Waals surface area (Å²) in [5.74, 6) is -0.455. The number of carbonyl (C=O) groups excluding carboxylic acids is 1. The molecule has 114 valence electrons. The zero-order valence-corrected chi connectivity index (χ0v) is 12.9. The van der Waals surface area contributed by atoms with Crippen LogP contribution >= 0.6 is 0 Å². The predicted molar refractivity (Wildman–Crippen MR) is 85.7 cm³/mol. The molecule has 0 unspecified atom stereocenters. The fourth-order valence-corrected chi connectivity index (χ4v) is 2.04. The van der Waals surface area contributed by atoms with Crippen molar-refractivity contribution in [1.82, 2.24) is 0 Å². The maximum absolute atomic E-state index is 11.6. The van der Waals surface area contributed by atoms with E-state index in [9.17, 15) is 9.59 Å². The molecule has 0 aliphatic rings. The smallest absolute Gasteiger partial charge is 0.336 e. The molecule has 1 aromatic heterocycles. The molecule has 22 heavy (non-hydrogen) atoms. The fourth-order valence-electron chi connectivity index (χ4n) is 2.04. The molecule has 1 heterocycles. The first-order valence-electron chi connectivity index (χ1n) is 7.01. The van der Waals surface area contributed by atoms with Crippen LogP contribution in [0, 0.1) is 13.8 Å². The standard InChI is InChI=1S/C18H18O4/c1-4-5-6-7-17(19)21-11-14-10-18(20)22-16-9-13(3)12(2)8-15(14)16/h4-10H,11H2,1-3H3/b5-4+,7-6+. The van der Waals surface area contributed by atoms with Crippen molar-refractivity contribution in [1.29, 1.82) is 0 Å². The summed E-state index contributed by atoms with van der Waals surface area (Å²) < 4.78 is 10.4. The number of benzene rings is 1. The van der Waals surface area contributed by atoms with Crippen LogP contribution in [0.1, 0.15) is 23.6 Å². The molecule has 2 rings (SSSR count). The molecule has 0 spiro atoms. The monoisotopic (exact) mass is 298 g/mol. The molecule has 0 amide bonds. The molecule has 0 saturated carbocycles. The van der Waals surface area contributed by atoms with Crippen molar-refractivity contribution in [2.75, 3.05) is 0 Å². The van der Waals surface area contributed by atoms with Crippen molar-refractivity contribution in [2.24, 2.45) is 0 Å². The van der Waals surface area contributed by atoms with E-state index in [2.05, 4.69) is 0 Å². The molecule has 4 heteroatoms. The number of fused-ring (bicyclic) bond motifs is 1. The van der Waals surface area contributed by atoms with Gasteiger partial charge in [-0.25, -0.2) is 9.59 Å². The van der Waals surface area contributed by atoms with Crippen LogP contribution in [0.5, 0.6) is 0 Å². The van der Waals surface area contributed by atoms with E-state index in [0.29, 0.717) is 11.1 Å². The zero-order chi connectivity index (χ0) is 16.1. The molecule has 0 bridgehead atoms. The van der Waals surface area contributed by atoms with Gasteiger partial charge in [-0.3, -0.25) is 0 Å². The molecule has 0 atom stereocenters. The van der Waals surface area contributed by atoms with Crippen molar-refractivity contribution in [3.63, 3.8) is 0 Å². The zero-order valence-electron chi connectivity index (χ0n) is 12.9. The Hall–Kier alpha value is -2.62. The van der Waals surface area contributed by atoms with Gasteiger partial charge >= 0.3 is 11.6 Å². The van der Waals surface area contributed by atoms with Crippen LogP contribution in [-0.2, 0) is 16.1 Å². The van der Waals surface area contributed by atoms with E-state index < -0.39 is 11.6 Å². The average molecular weight is 298 g/mol. The second kappa shape index (κ2) is 6.89. The van der Waals surface area contributed by atoms with E-state index in [4.69, 9.17) is 9.15 Å². The van der Waals surface area contributed by atoms with Crippen LogP contribution in [0.2, 0.25) is 0 Å².